The van der Waals surface area contributed by atoms with E-state index in [-0.39, 0.29) is 18.1 Å². The maximum Gasteiger partial charge on any atom is 0.249 e. The molecule has 0 aromatic heterocycles. The van der Waals surface area contributed by atoms with E-state index in [1.165, 1.54) is 5.56 Å². The van der Waals surface area contributed by atoms with E-state index < -0.39 is 0 Å². The summed E-state index contributed by atoms with van der Waals surface area (Å²) in [5.74, 6) is 1.58. The summed E-state index contributed by atoms with van der Waals surface area (Å²) in [5.41, 5.74) is 1.19. The third kappa shape index (κ3) is 3.44. The Balaban J connectivity index is 1.35. The zero-order valence-corrected chi connectivity index (χ0v) is 14.4. The quantitative estimate of drug-likeness (QED) is 0.771. The number of carbonyl (C=O) groups is 1. The van der Waals surface area contributed by atoms with Crippen molar-refractivity contribution >= 4 is 5.91 Å². The number of nitrogens with zero attached hydrogens (tertiary/aromatic N) is 1. The summed E-state index contributed by atoms with van der Waals surface area (Å²) in [5, 5.41) is 2.87. The lowest BCUT2D eigenvalue weighted by Gasteiger charge is -2.22. The summed E-state index contributed by atoms with van der Waals surface area (Å²) in [6.45, 7) is 3.15. The Labute approximate surface area is 147 Å². The molecule has 1 N–H and O–H groups in total. The van der Waals surface area contributed by atoms with Gasteiger partial charge in [-0.05, 0) is 24.1 Å². The summed E-state index contributed by atoms with van der Waals surface area (Å²) in [7, 11) is 1.62. The number of nitrogens with one attached hydrogen (secondary N) is 1. The lowest BCUT2D eigenvalue weighted by molar-refractivity contribution is -0.132. The van der Waals surface area contributed by atoms with Crippen LogP contribution in [0.4, 0.5) is 0 Å². The van der Waals surface area contributed by atoms with Crippen molar-refractivity contribution in [2.24, 2.45) is 0 Å². The Bertz CT molecular complexity index is 638. The Hall–Kier alpha value is -1.83. The number of hydrogen-bond acceptors (Lipinski definition) is 6. The molecule has 0 saturated carbocycles. The molecule has 1 amide bonds. The van der Waals surface area contributed by atoms with E-state index in [1.807, 2.05) is 12.1 Å². The largest absolute Gasteiger partial charge is 0.454 e. The molecule has 1 aromatic rings. The smallest absolute Gasteiger partial charge is 0.249 e. The predicted octanol–water partition coefficient (Wildman–Crippen LogP) is 0.910. The van der Waals surface area contributed by atoms with Crippen molar-refractivity contribution in [1.29, 1.82) is 0 Å². The molecule has 136 valence electrons. The van der Waals surface area contributed by atoms with E-state index in [4.69, 9.17) is 18.9 Å². The van der Waals surface area contributed by atoms with Gasteiger partial charge in [0.05, 0.1) is 12.7 Å². The van der Waals surface area contributed by atoms with Gasteiger partial charge < -0.3 is 24.3 Å². The number of ether oxygens (including phenoxy) is 4. The van der Waals surface area contributed by atoms with Crippen molar-refractivity contribution in [3.8, 4) is 11.5 Å². The highest BCUT2D eigenvalue weighted by atomic mass is 16.7. The molecule has 7 nitrogen and oxygen atoms in total. The normalized spacial score (nSPS) is 27.5. The van der Waals surface area contributed by atoms with Gasteiger partial charge in [0.2, 0.25) is 12.7 Å². The van der Waals surface area contributed by atoms with Crippen LogP contribution in [0.2, 0.25) is 0 Å². The summed E-state index contributed by atoms with van der Waals surface area (Å²) < 4.78 is 21.8. The van der Waals surface area contributed by atoms with Crippen LogP contribution in [0, 0.1) is 0 Å². The lowest BCUT2D eigenvalue weighted by atomic mass is 10.1. The van der Waals surface area contributed by atoms with Crippen molar-refractivity contribution in [2.45, 2.75) is 37.6 Å². The van der Waals surface area contributed by atoms with Crippen molar-refractivity contribution in [3.05, 3.63) is 23.8 Å². The number of carbonyl (C=O) groups excluding carboxylic acids is 1. The molecular weight excluding hydrogens is 324 g/mol. The minimum Gasteiger partial charge on any atom is -0.454 e. The SMILES string of the molecule is COCCNC(=O)[C@@H]1C[C@H]2[C@H](CCN2Cc2ccc3c(c2)OCO3)O1. The summed E-state index contributed by atoms with van der Waals surface area (Å²) in [4.78, 5) is 14.6. The molecule has 0 unspecified atom stereocenters. The van der Waals surface area contributed by atoms with E-state index >= 15 is 0 Å². The number of benzene rings is 1. The molecule has 7 heteroatoms. The maximum absolute atomic E-state index is 12.2. The second-order valence-corrected chi connectivity index (χ2v) is 6.70. The van der Waals surface area contributed by atoms with Gasteiger partial charge in [-0.15, -0.1) is 0 Å². The molecule has 2 saturated heterocycles. The summed E-state index contributed by atoms with van der Waals surface area (Å²) in [6.07, 6.45) is 1.50. The molecule has 3 heterocycles. The first-order valence-corrected chi connectivity index (χ1v) is 8.79. The average molecular weight is 348 g/mol. The van der Waals surface area contributed by atoms with Gasteiger partial charge in [-0.25, -0.2) is 0 Å². The van der Waals surface area contributed by atoms with Crippen LogP contribution >= 0.6 is 0 Å². The van der Waals surface area contributed by atoms with Crippen molar-refractivity contribution in [2.75, 3.05) is 33.6 Å². The molecule has 0 bridgehead atoms. The van der Waals surface area contributed by atoms with Crippen LogP contribution < -0.4 is 14.8 Å². The molecule has 3 atom stereocenters. The molecule has 3 aliphatic rings. The van der Waals surface area contributed by atoms with Gasteiger partial charge in [0.15, 0.2) is 11.5 Å². The van der Waals surface area contributed by atoms with E-state index in [0.717, 1.165) is 37.4 Å². The van der Waals surface area contributed by atoms with E-state index in [2.05, 4.69) is 16.3 Å². The van der Waals surface area contributed by atoms with Gasteiger partial charge in [-0.1, -0.05) is 6.07 Å². The molecule has 0 radical (unpaired) electrons. The first-order valence-electron chi connectivity index (χ1n) is 8.79. The molecular formula is C18H24N2O5. The number of likely N-dealkylation sites (tertiary alicyclic amines) is 1. The summed E-state index contributed by atoms with van der Waals surface area (Å²) in [6, 6.07) is 6.37. The molecule has 3 aliphatic heterocycles. The molecule has 4 rings (SSSR count). The van der Waals surface area contributed by atoms with Gasteiger partial charge in [0, 0.05) is 39.2 Å². The average Bonchev–Trinajstić information content (AvgIpc) is 3.31. The van der Waals surface area contributed by atoms with Gasteiger partial charge in [-0.3, -0.25) is 9.69 Å². The van der Waals surface area contributed by atoms with Crippen molar-refractivity contribution < 1.29 is 23.7 Å². The first kappa shape index (κ1) is 16.6. The third-order valence-corrected chi connectivity index (χ3v) is 5.11. The zero-order valence-electron chi connectivity index (χ0n) is 14.4. The fourth-order valence-corrected chi connectivity index (χ4v) is 3.86. The summed E-state index contributed by atoms with van der Waals surface area (Å²) >= 11 is 0. The van der Waals surface area contributed by atoms with Gasteiger partial charge >= 0.3 is 0 Å². The Morgan fingerprint density at radius 3 is 3.12 bits per heavy atom. The molecule has 0 spiro atoms. The van der Waals surface area contributed by atoms with Crippen LogP contribution in [0.25, 0.3) is 0 Å². The molecule has 25 heavy (non-hydrogen) atoms. The van der Waals surface area contributed by atoms with Crippen molar-refractivity contribution in [3.63, 3.8) is 0 Å². The van der Waals surface area contributed by atoms with Gasteiger partial charge in [0.1, 0.15) is 6.10 Å². The minimum absolute atomic E-state index is 0.0329. The highest BCUT2D eigenvalue weighted by Crippen LogP contribution is 2.36. The van der Waals surface area contributed by atoms with Gasteiger partial charge in [-0.2, -0.15) is 0 Å². The van der Waals surface area contributed by atoms with E-state index in [0.29, 0.717) is 26.0 Å². The lowest BCUT2D eigenvalue weighted by Crippen LogP contribution is -2.37. The minimum atomic E-state index is -0.355. The third-order valence-electron chi connectivity index (χ3n) is 5.11. The number of methoxy groups -OCH3 is 1. The fourth-order valence-electron chi connectivity index (χ4n) is 3.86. The molecule has 1 aromatic carbocycles. The highest BCUT2D eigenvalue weighted by Gasteiger charge is 2.45. The zero-order chi connectivity index (χ0) is 17.2. The Morgan fingerprint density at radius 1 is 1.36 bits per heavy atom. The second kappa shape index (κ2) is 7.19. The Kier molecular flexibility index (Phi) is 4.78. The maximum atomic E-state index is 12.2. The number of fused-ring (bicyclic) bond motifs is 2. The fraction of sp³-hybridized carbons (Fsp3) is 0.611. The van der Waals surface area contributed by atoms with Crippen LogP contribution in [-0.2, 0) is 20.8 Å². The second-order valence-electron chi connectivity index (χ2n) is 6.70. The monoisotopic (exact) mass is 348 g/mol. The molecule has 0 aliphatic carbocycles. The van der Waals surface area contributed by atoms with E-state index in [1.54, 1.807) is 7.11 Å². The van der Waals surface area contributed by atoms with Crippen LogP contribution in [0.1, 0.15) is 18.4 Å². The number of amides is 1. The molecule has 2 fully saturated rings. The van der Waals surface area contributed by atoms with Crippen LogP contribution in [0.3, 0.4) is 0 Å². The van der Waals surface area contributed by atoms with Crippen LogP contribution in [0.15, 0.2) is 18.2 Å². The van der Waals surface area contributed by atoms with E-state index in [9.17, 15) is 4.79 Å². The highest BCUT2D eigenvalue weighted by molar-refractivity contribution is 5.81. The predicted molar refractivity (Wildman–Crippen MR) is 89.5 cm³/mol. The van der Waals surface area contributed by atoms with Crippen LogP contribution in [-0.4, -0.2) is 62.7 Å². The van der Waals surface area contributed by atoms with Crippen molar-refractivity contribution in [1.82, 2.24) is 10.2 Å². The number of rotatable bonds is 6. The Morgan fingerprint density at radius 2 is 2.24 bits per heavy atom. The number of hydrogen-bond donors (Lipinski definition) is 1. The topological polar surface area (TPSA) is 69.3 Å². The first-order chi connectivity index (χ1) is 12.2. The van der Waals surface area contributed by atoms with Crippen LogP contribution in [0.5, 0.6) is 11.5 Å². The standard InChI is InChI=1S/C18H24N2O5/c1-22-7-5-19-18(21)17-9-13-14(25-17)4-6-20(13)10-12-2-3-15-16(8-12)24-11-23-15/h2-3,8,13-14,17H,4-7,9-11H2,1H3,(H,19,21)/t13-,14-,17-/m0/s1. The van der Waals surface area contributed by atoms with Gasteiger partial charge in [0.25, 0.3) is 0 Å².